The number of benzene rings is 2. The number of hydrogen-bond acceptors (Lipinski definition) is 7. The molecular formula is C26H25ClN2O4S. The number of carbonyl (C=O) groups excluding carboxylic acids is 1. The fourth-order valence-electron chi connectivity index (χ4n) is 5.12. The van der Waals surface area contributed by atoms with Crippen LogP contribution in [0.5, 0.6) is 11.5 Å². The molecule has 34 heavy (non-hydrogen) atoms. The van der Waals surface area contributed by atoms with E-state index in [2.05, 4.69) is 9.88 Å². The van der Waals surface area contributed by atoms with Gasteiger partial charge in [0.05, 0.1) is 24.0 Å². The minimum absolute atomic E-state index is 0.0871. The van der Waals surface area contributed by atoms with Crippen LogP contribution in [0, 0.1) is 0 Å². The van der Waals surface area contributed by atoms with Crippen LogP contribution in [0.3, 0.4) is 0 Å². The maximum Gasteiger partial charge on any atom is 0.231 e. The van der Waals surface area contributed by atoms with E-state index in [1.54, 1.807) is 11.3 Å². The first-order valence-electron chi connectivity index (χ1n) is 11.6. The lowest BCUT2D eigenvalue weighted by Crippen LogP contribution is -2.28. The van der Waals surface area contributed by atoms with Crippen LogP contribution < -0.4 is 9.47 Å². The molecule has 1 N–H and O–H groups in total. The Morgan fingerprint density at radius 1 is 1.24 bits per heavy atom. The molecule has 2 fully saturated rings. The second kappa shape index (κ2) is 8.64. The van der Waals surface area contributed by atoms with Gasteiger partial charge in [-0.15, -0.1) is 11.3 Å². The summed E-state index contributed by atoms with van der Waals surface area (Å²) in [6, 6.07) is 13.6. The molecule has 8 heteroatoms. The van der Waals surface area contributed by atoms with Crippen LogP contribution in [0.4, 0.5) is 0 Å². The lowest BCUT2D eigenvalue weighted by molar-refractivity contribution is -0.120. The summed E-state index contributed by atoms with van der Waals surface area (Å²) in [5, 5.41) is 11.7. The van der Waals surface area contributed by atoms with Gasteiger partial charge in [-0.25, -0.2) is 4.98 Å². The Morgan fingerprint density at radius 3 is 2.82 bits per heavy atom. The number of likely N-dealkylation sites (tertiary alicyclic amines) is 1. The number of aliphatic hydroxyl groups is 1. The summed E-state index contributed by atoms with van der Waals surface area (Å²) in [4.78, 5) is 21.4. The van der Waals surface area contributed by atoms with Gasteiger partial charge in [0.25, 0.3) is 0 Å². The number of aromatic nitrogens is 1. The number of fused-ring (bicyclic) bond motifs is 1. The van der Waals surface area contributed by atoms with Gasteiger partial charge in [0.15, 0.2) is 11.5 Å². The summed E-state index contributed by atoms with van der Waals surface area (Å²) >= 11 is 8.13. The normalized spacial score (nSPS) is 21.5. The molecule has 0 spiro atoms. The molecule has 6 rings (SSSR count). The molecule has 3 aliphatic rings. The fraction of sp³-hybridized carbons (Fsp3) is 0.385. The van der Waals surface area contributed by atoms with E-state index >= 15 is 0 Å². The number of ketones is 1. The summed E-state index contributed by atoms with van der Waals surface area (Å²) in [5.41, 5.74) is 1.55. The number of halogens is 1. The number of carbonyl (C=O) groups is 1. The van der Waals surface area contributed by atoms with E-state index in [0.29, 0.717) is 23.7 Å². The Hall–Kier alpha value is -2.45. The molecule has 0 radical (unpaired) electrons. The van der Waals surface area contributed by atoms with E-state index in [1.807, 2.05) is 48.7 Å². The quantitative estimate of drug-likeness (QED) is 0.518. The Balaban J connectivity index is 1.25. The molecule has 176 valence electrons. The molecule has 2 atom stereocenters. The Labute approximate surface area is 207 Å². The molecule has 1 unspecified atom stereocenters. The van der Waals surface area contributed by atoms with Crippen LogP contribution in [0.2, 0.25) is 5.02 Å². The van der Waals surface area contributed by atoms with Crippen molar-refractivity contribution in [1.82, 2.24) is 9.88 Å². The van der Waals surface area contributed by atoms with Gasteiger partial charge >= 0.3 is 0 Å². The Bertz CT molecular complexity index is 1240. The standard InChI is InChI=1S/C26H25ClN2O4S/c27-19-4-2-1-3-18(19)25(29-10-7-17(30)14-29)22-13-28-24(34-22)12-23(31)26(8-9-26)16-5-6-20-21(11-16)33-15-32-20/h1-6,11,13,17,25,30H,7-10,12,14-15H2/t17?,25-/m1/s1. The number of ether oxygens (including phenoxy) is 2. The number of aliphatic hydroxyl groups excluding tert-OH is 1. The Morgan fingerprint density at radius 2 is 2.06 bits per heavy atom. The summed E-state index contributed by atoms with van der Waals surface area (Å²) in [5.74, 6) is 1.64. The second-order valence-electron chi connectivity index (χ2n) is 9.27. The van der Waals surface area contributed by atoms with Gasteiger partial charge in [-0.3, -0.25) is 9.69 Å². The first-order valence-corrected chi connectivity index (χ1v) is 12.8. The van der Waals surface area contributed by atoms with Crippen molar-refractivity contribution in [1.29, 1.82) is 0 Å². The van der Waals surface area contributed by atoms with Crippen molar-refractivity contribution in [2.45, 2.75) is 43.2 Å². The summed E-state index contributed by atoms with van der Waals surface area (Å²) in [7, 11) is 0. The maximum atomic E-state index is 13.4. The minimum atomic E-state index is -0.450. The van der Waals surface area contributed by atoms with Gasteiger partial charge in [-0.05, 0) is 48.6 Å². The molecule has 0 bridgehead atoms. The summed E-state index contributed by atoms with van der Waals surface area (Å²) in [6.07, 6.45) is 4.26. The third kappa shape index (κ3) is 3.90. The maximum absolute atomic E-state index is 13.4. The highest BCUT2D eigenvalue weighted by atomic mass is 35.5. The summed E-state index contributed by atoms with van der Waals surface area (Å²) < 4.78 is 10.9. The van der Waals surface area contributed by atoms with Crippen LogP contribution in [0.25, 0.3) is 0 Å². The van der Waals surface area contributed by atoms with Crippen molar-refractivity contribution in [3.8, 4) is 11.5 Å². The molecule has 1 saturated carbocycles. The SMILES string of the molecule is O=C(Cc1ncc([C@@H](c2ccccc2Cl)N2CCC(O)C2)s1)C1(c2ccc3c(c2)OCO3)CC1. The van der Waals surface area contributed by atoms with E-state index in [4.69, 9.17) is 21.1 Å². The molecule has 1 aliphatic carbocycles. The number of thiazole rings is 1. The Kier molecular flexibility index (Phi) is 5.60. The first kappa shape index (κ1) is 22.0. The molecule has 0 amide bonds. The lowest BCUT2D eigenvalue weighted by Gasteiger charge is -2.27. The van der Waals surface area contributed by atoms with Crippen molar-refractivity contribution in [2.24, 2.45) is 0 Å². The first-order chi connectivity index (χ1) is 16.5. The minimum Gasteiger partial charge on any atom is -0.454 e. The van der Waals surface area contributed by atoms with Crippen LogP contribution in [-0.2, 0) is 16.6 Å². The van der Waals surface area contributed by atoms with E-state index < -0.39 is 5.41 Å². The number of nitrogens with zero attached hydrogens (tertiary/aromatic N) is 2. The van der Waals surface area contributed by atoms with Crippen LogP contribution in [0.15, 0.2) is 48.7 Å². The lowest BCUT2D eigenvalue weighted by atomic mass is 9.89. The van der Waals surface area contributed by atoms with E-state index in [1.165, 1.54) is 0 Å². The highest BCUT2D eigenvalue weighted by Crippen LogP contribution is 2.51. The van der Waals surface area contributed by atoms with Crippen molar-refractivity contribution in [2.75, 3.05) is 19.9 Å². The molecule has 6 nitrogen and oxygen atoms in total. The van der Waals surface area contributed by atoms with Crippen molar-refractivity contribution < 1.29 is 19.4 Å². The van der Waals surface area contributed by atoms with Crippen LogP contribution in [-0.4, -0.2) is 46.8 Å². The highest BCUT2D eigenvalue weighted by molar-refractivity contribution is 7.11. The van der Waals surface area contributed by atoms with Crippen molar-refractivity contribution in [3.63, 3.8) is 0 Å². The third-order valence-electron chi connectivity index (χ3n) is 7.12. The molecule has 3 heterocycles. The number of β-amino-alcohol motifs (C(OH)–C–C–N with tert-alkyl or cyclic N) is 1. The van der Waals surface area contributed by atoms with Crippen LogP contribution in [0.1, 0.15) is 46.3 Å². The van der Waals surface area contributed by atoms with Crippen molar-refractivity contribution in [3.05, 3.63) is 74.7 Å². The topological polar surface area (TPSA) is 71.9 Å². The number of Topliss-reactive ketones (excluding diaryl/α,β-unsaturated/α-hetero) is 1. The van der Waals surface area contributed by atoms with Gasteiger partial charge in [0.1, 0.15) is 10.8 Å². The van der Waals surface area contributed by atoms with E-state index in [9.17, 15) is 9.90 Å². The average Bonchev–Trinajstić information content (AvgIpc) is 3.13. The number of rotatable bonds is 7. The predicted octanol–water partition coefficient (Wildman–Crippen LogP) is 4.52. The number of hydrogen-bond donors (Lipinski definition) is 1. The van der Waals surface area contributed by atoms with Gasteiger partial charge in [-0.1, -0.05) is 35.9 Å². The predicted molar refractivity (Wildman–Crippen MR) is 130 cm³/mol. The molecule has 3 aromatic rings. The summed E-state index contributed by atoms with van der Waals surface area (Å²) in [6.45, 7) is 1.61. The highest BCUT2D eigenvalue weighted by Gasteiger charge is 2.51. The molecule has 2 aromatic carbocycles. The molecule has 1 aromatic heterocycles. The molecular weight excluding hydrogens is 472 g/mol. The zero-order chi connectivity index (χ0) is 23.3. The average molecular weight is 497 g/mol. The van der Waals surface area contributed by atoms with Gasteiger partial charge < -0.3 is 14.6 Å². The van der Waals surface area contributed by atoms with Crippen LogP contribution >= 0.6 is 22.9 Å². The monoisotopic (exact) mass is 496 g/mol. The van der Waals surface area contributed by atoms with E-state index in [-0.39, 0.29) is 24.7 Å². The fourth-order valence-corrected chi connectivity index (χ4v) is 6.43. The largest absolute Gasteiger partial charge is 0.454 e. The molecule has 1 saturated heterocycles. The van der Waals surface area contributed by atoms with Gasteiger partial charge in [0.2, 0.25) is 6.79 Å². The van der Waals surface area contributed by atoms with E-state index in [0.717, 1.165) is 52.6 Å². The second-order valence-corrected chi connectivity index (χ2v) is 10.8. The zero-order valence-electron chi connectivity index (χ0n) is 18.6. The van der Waals surface area contributed by atoms with Gasteiger partial charge in [0, 0.05) is 29.2 Å². The van der Waals surface area contributed by atoms with Gasteiger partial charge in [-0.2, -0.15) is 0 Å². The third-order valence-corrected chi connectivity index (χ3v) is 8.52. The van der Waals surface area contributed by atoms with Crippen molar-refractivity contribution >= 4 is 28.7 Å². The molecule has 2 aliphatic heterocycles. The smallest absolute Gasteiger partial charge is 0.231 e. The zero-order valence-corrected chi connectivity index (χ0v) is 20.1.